The van der Waals surface area contributed by atoms with Gasteiger partial charge in [0.05, 0.1) is 25.5 Å². The van der Waals surface area contributed by atoms with E-state index in [0.717, 1.165) is 31.6 Å². The standard InChI is InChI=1S/C14H19ClN4/c15-13-3-1-12(2-4-13)5-16-14-6-17-9-18(7-14)11-19(8-14)10-17/h1-4,16H,5-11H2. The molecular formula is C14H19ClN4. The number of benzene rings is 1. The Morgan fingerprint density at radius 3 is 2.00 bits per heavy atom. The van der Waals surface area contributed by atoms with Gasteiger partial charge in [-0.3, -0.25) is 14.7 Å². The third-order valence-electron chi connectivity index (χ3n) is 4.36. The van der Waals surface area contributed by atoms with Crippen molar-refractivity contribution in [1.29, 1.82) is 0 Å². The Bertz CT molecular complexity index is 438. The molecule has 0 radical (unpaired) electrons. The van der Waals surface area contributed by atoms with E-state index < -0.39 is 0 Å². The molecule has 5 rings (SSSR count). The van der Waals surface area contributed by atoms with Gasteiger partial charge < -0.3 is 5.32 Å². The Kier molecular flexibility index (Phi) is 2.83. The van der Waals surface area contributed by atoms with E-state index in [-0.39, 0.29) is 5.54 Å². The fourth-order valence-electron chi connectivity index (χ4n) is 3.78. The Labute approximate surface area is 118 Å². The van der Waals surface area contributed by atoms with Crippen molar-refractivity contribution in [2.24, 2.45) is 0 Å². The van der Waals surface area contributed by atoms with Crippen LogP contribution in [0.3, 0.4) is 0 Å². The van der Waals surface area contributed by atoms with Crippen LogP contribution in [0, 0.1) is 0 Å². The smallest absolute Gasteiger partial charge is 0.0571 e. The lowest BCUT2D eigenvalue weighted by Gasteiger charge is -2.60. The molecule has 1 aromatic rings. The van der Waals surface area contributed by atoms with E-state index in [1.165, 1.54) is 25.2 Å². The summed E-state index contributed by atoms with van der Waals surface area (Å²) in [7, 11) is 0. The minimum absolute atomic E-state index is 0.244. The van der Waals surface area contributed by atoms with E-state index in [4.69, 9.17) is 11.6 Å². The van der Waals surface area contributed by atoms with Gasteiger partial charge >= 0.3 is 0 Å². The average molecular weight is 279 g/mol. The summed E-state index contributed by atoms with van der Waals surface area (Å²) in [6.07, 6.45) is 0. The highest BCUT2D eigenvalue weighted by molar-refractivity contribution is 6.30. The molecular weight excluding hydrogens is 260 g/mol. The molecule has 1 N–H and O–H groups in total. The number of halogens is 1. The third kappa shape index (κ3) is 2.28. The first-order valence-corrected chi connectivity index (χ1v) is 7.25. The van der Waals surface area contributed by atoms with Crippen molar-refractivity contribution in [3.05, 3.63) is 34.9 Å². The molecule has 4 aliphatic heterocycles. The molecule has 0 saturated carbocycles. The molecule has 0 unspecified atom stereocenters. The summed E-state index contributed by atoms with van der Waals surface area (Å²) in [5.41, 5.74) is 1.55. The summed E-state index contributed by atoms with van der Waals surface area (Å²) in [6.45, 7) is 7.87. The maximum absolute atomic E-state index is 5.93. The van der Waals surface area contributed by atoms with Crippen LogP contribution in [0.1, 0.15) is 5.56 Å². The molecule has 0 spiro atoms. The predicted molar refractivity (Wildman–Crippen MR) is 75.7 cm³/mol. The summed E-state index contributed by atoms with van der Waals surface area (Å²) in [5.74, 6) is 0. The lowest BCUT2D eigenvalue weighted by atomic mass is 9.90. The van der Waals surface area contributed by atoms with Crippen LogP contribution >= 0.6 is 11.6 Å². The number of nitrogens with one attached hydrogen (secondary N) is 1. The summed E-state index contributed by atoms with van der Waals surface area (Å²) >= 11 is 5.93. The van der Waals surface area contributed by atoms with Crippen molar-refractivity contribution in [2.75, 3.05) is 39.6 Å². The monoisotopic (exact) mass is 278 g/mol. The van der Waals surface area contributed by atoms with Crippen LogP contribution in [0.5, 0.6) is 0 Å². The second kappa shape index (κ2) is 4.43. The van der Waals surface area contributed by atoms with E-state index in [0.29, 0.717) is 0 Å². The maximum Gasteiger partial charge on any atom is 0.0571 e. The van der Waals surface area contributed by atoms with Crippen molar-refractivity contribution < 1.29 is 0 Å². The van der Waals surface area contributed by atoms with Crippen LogP contribution in [-0.2, 0) is 6.54 Å². The largest absolute Gasteiger partial charge is 0.304 e. The number of nitrogens with zero attached hydrogens (tertiary/aromatic N) is 3. The molecule has 19 heavy (non-hydrogen) atoms. The van der Waals surface area contributed by atoms with Crippen molar-refractivity contribution >= 4 is 11.6 Å². The van der Waals surface area contributed by atoms with Crippen molar-refractivity contribution in [3.8, 4) is 0 Å². The van der Waals surface area contributed by atoms with Gasteiger partial charge in [-0.15, -0.1) is 0 Å². The quantitative estimate of drug-likeness (QED) is 0.890. The van der Waals surface area contributed by atoms with Crippen LogP contribution in [0.4, 0.5) is 0 Å². The van der Waals surface area contributed by atoms with Gasteiger partial charge in [0.1, 0.15) is 0 Å². The Balaban J connectivity index is 1.46. The van der Waals surface area contributed by atoms with Gasteiger partial charge in [0.15, 0.2) is 0 Å². The van der Waals surface area contributed by atoms with Crippen molar-refractivity contribution in [1.82, 2.24) is 20.0 Å². The molecule has 4 aliphatic rings. The SMILES string of the molecule is Clc1ccc(CNC23CN4CN(CN(C4)C2)C3)cc1. The molecule has 4 nitrogen and oxygen atoms in total. The number of hydrogen-bond donors (Lipinski definition) is 1. The molecule has 0 amide bonds. The molecule has 4 fully saturated rings. The molecule has 0 aliphatic carbocycles. The topological polar surface area (TPSA) is 21.8 Å². The Hall–Kier alpha value is -0.650. The highest BCUT2D eigenvalue weighted by Gasteiger charge is 2.48. The van der Waals surface area contributed by atoms with Crippen molar-refractivity contribution in [3.63, 3.8) is 0 Å². The highest BCUT2D eigenvalue weighted by Crippen LogP contribution is 2.29. The molecule has 0 aromatic heterocycles. The first-order valence-electron chi connectivity index (χ1n) is 6.87. The van der Waals surface area contributed by atoms with Gasteiger partial charge in [0.2, 0.25) is 0 Å². The Morgan fingerprint density at radius 2 is 1.47 bits per heavy atom. The van der Waals surface area contributed by atoms with Gasteiger partial charge in [-0.1, -0.05) is 23.7 Å². The summed E-state index contributed by atoms with van der Waals surface area (Å²) in [6, 6.07) is 8.15. The van der Waals surface area contributed by atoms with E-state index in [9.17, 15) is 0 Å². The van der Waals surface area contributed by atoms with Gasteiger partial charge in [-0.2, -0.15) is 0 Å². The molecule has 4 saturated heterocycles. The van der Waals surface area contributed by atoms with Crippen LogP contribution in [0.25, 0.3) is 0 Å². The first kappa shape index (κ1) is 12.1. The van der Waals surface area contributed by atoms with Crippen molar-refractivity contribution in [2.45, 2.75) is 12.1 Å². The molecule has 0 atom stereocenters. The van der Waals surface area contributed by atoms with Gasteiger partial charge in [-0.25, -0.2) is 0 Å². The van der Waals surface area contributed by atoms with Crippen LogP contribution in [0.15, 0.2) is 24.3 Å². The fourth-order valence-corrected chi connectivity index (χ4v) is 3.90. The van der Waals surface area contributed by atoms with Gasteiger partial charge in [-0.05, 0) is 17.7 Å². The Morgan fingerprint density at radius 1 is 0.947 bits per heavy atom. The highest BCUT2D eigenvalue weighted by atomic mass is 35.5. The molecule has 4 bridgehead atoms. The second-order valence-corrected chi connectivity index (χ2v) is 6.61. The minimum Gasteiger partial charge on any atom is -0.304 e. The average Bonchev–Trinajstić information content (AvgIpc) is 2.36. The lowest BCUT2D eigenvalue weighted by Crippen LogP contribution is -2.79. The molecule has 4 heterocycles. The van der Waals surface area contributed by atoms with Crippen LogP contribution in [-0.4, -0.2) is 59.9 Å². The van der Waals surface area contributed by atoms with E-state index in [1.54, 1.807) is 0 Å². The zero-order valence-corrected chi connectivity index (χ0v) is 11.7. The number of hydrogen-bond acceptors (Lipinski definition) is 4. The lowest BCUT2D eigenvalue weighted by molar-refractivity contribution is -0.150. The van der Waals surface area contributed by atoms with E-state index in [1.807, 2.05) is 12.1 Å². The normalized spacial score (nSPS) is 39.7. The zero-order valence-electron chi connectivity index (χ0n) is 11.0. The minimum atomic E-state index is 0.244. The van der Waals surface area contributed by atoms with Crippen LogP contribution in [0.2, 0.25) is 5.02 Å². The second-order valence-electron chi connectivity index (χ2n) is 6.17. The molecule has 1 aromatic carbocycles. The number of rotatable bonds is 3. The third-order valence-corrected chi connectivity index (χ3v) is 4.61. The van der Waals surface area contributed by atoms with E-state index in [2.05, 4.69) is 32.1 Å². The van der Waals surface area contributed by atoms with Gasteiger partial charge in [0, 0.05) is 31.2 Å². The zero-order chi connectivity index (χ0) is 12.9. The fraction of sp³-hybridized carbons (Fsp3) is 0.571. The molecule has 5 heteroatoms. The van der Waals surface area contributed by atoms with E-state index >= 15 is 0 Å². The summed E-state index contributed by atoms with van der Waals surface area (Å²) in [5, 5.41) is 4.60. The van der Waals surface area contributed by atoms with Crippen LogP contribution < -0.4 is 5.32 Å². The predicted octanol–water partition coefficient (Wildman–Crippen LogP) is 0.988. The summed E-state index contributed by atoms with van der Waals surface area (Å²) in [4.78, 5) is 7.60. The summed E-state index contributed by atoms with van der Waals surface area (Å²) < 4.78 is 0. The molecule has 102 valence electrons. The first-order chi connectivity index (χ1) is 9.21. The maximum atomic E-state index is 5.93. The van der Waals surface area contributed by atoms with Gasteiger partial charge in [0.25, 0.3) is 0 Å².